The van der Waals surface area contributed by atoms with E-state index in [-0.39, 0.29) is 0 Å². The van der Waals surface area contributed by atoms with E-state index in [1.807, 2.05) is 12.1 Å². The smallest absolute Gasteiger partial charge is 0.0840 e. The SMILES string of the molecule is NN1CNCc2ncccc21. The van der Waals surface area contributed by atoms with Crippen molar-refractivity contribution in [3.05, 3.63) is 24.0 Å². The molecule has 1 aliphatic heterocycles. The van der Waals surface area contributed by atoms with E-state index in [2.05, 4.69) is 10.3 Å². The number of hydrazine groups is 1. The second kappa shape index (κ2) is 2.48. The lowest BCUT2D eigenvalue weighted by molar-refractivity contribution is 0.612. The molecule has 4 heteroatoms. The number of hydrogen-bond acceptors (Lipinski definition) is 4. The summed E-state index contributed by atoms with van der Waals surface area (Å²) in [6, 6.07) is 3.87. The quantitative estimate of drug-likeness (QED) is 0.504. The molecule has 1 aromatic rings. The van der Waals surface area contributed by atoms with Crippen LogP contribution in [0.4, 0.5) is 5.69 Å². The first-order valence-corrected chi connectivity index (χ1v) is 3.55. The molecule has 0 radical (unpaired) electrons. The summed E-state index contributed by atoms with van der Waals surface area (Å²) in [5, 5.41) is 4.79. The molecule has 3 N–H and O–H groups in total. The number of anilines is 1. The van der Waals surface area contributed by atoms with Crippen molar-refractivity contribution < 1.29 is 0 Å². The molecule has 0 aromatic carbocycles. The molecule has 0 unspecified atom stereocenters. The second-order valence-electron chi connectivity index (χ2n) is 2.52. The van der Waals surface area contributed by atoms with E-state index in [0.717, 1.165) is 17.9 Å². The molecule has 2 rings (SSSR count). The van der Waals surface area contributed by atoms with E-state index >= 15 is 0 Å². The molecular formula is C7H10N4. The Morgan fingerprint density at radius 2 is 2.55 bits per heavy atom. The van der Waals surface area contributed by atoms with Gasteiger partial charge in [-0.05, 0) is 12.1 Å². The molecule has 11 heavy (non-hydrogen) atoms. The van der Waals surface area contributed by atoms with Gasteiger partial charge in [-0.3, -0.25) is 15.3 Å². The number of fused-ring (bicyclic) bond motifs is 1. The molecule has 0 fully saturated rings. The maximum atomic E-state index is 5.68. The summed E-state index contributed by atoms with van der Waals surface area (Å²) in [4.78, 5) is 4.19. The van der Waals surface area contributed by atoms with Crippen LogP contribution in [-0.4, -0.2) is 11.7 Å². The van der Waals surface area contributed by atoms with Crippen LogP contribution in [0.1, 0.15) is 5.69 Å². The van der Waals surface area contributed by atoms with Crippen LogP contribution in [0.15, 0.2) is 18.3 Å². The van der Waals surface area contributed by atoms with E-state index in [1.54, 1.807) is 11.2 Å². The minimum atomic E-state index is 0.693. The summed E-state index contributed by atoms with van der Waals surface area (Å²) < 4.78 is 0. The number of aromatic nitrogens is 1. The highest BCUT2D eigenvalue weighted by Crippen LogP contribution is 2.17. The van der Waals surface area contributed by atoms with Crippen molar-refractivity contribution >= 4 is 5.69 Å². The molecule has 2 heterocycles. The Hall–Kier alpha value is -1.13. The number of nitrogens with zero attached hydrogens (tertiary/aromatic N) is 2. The predicted octanol–water partition coefficient (Wildman–Crippen LogP) is -0.178. The van der Waals surface area contributed by atoms with Crippen LogP contribution in [0.2, 0.25) is 0 Å². The normalized spacial score (nSPS) is 16.3. The minimum absolute atomic E-state index is 0.693. The van der Waals surface area contributed by atoms with Crippen LogP contribution < -0.4 is 16.2 Å². The lowest BCUT2D eigenvalue weighted by atomic mass is 10.2. The zero-order chi connectivity index (χ0) is 7.68. The van der Waals surface area contributed by atoms with Crippen LogP contribution in [-0.2, 0) is 6.54 Å². The van der Waals surface area contributed by atoms with Crippen LogP contribution >= 0.6 is 0 Å². The van der Waals surface area contributed by atoms with E-state index in [9.17, 15) is 0 Å². The number of nitrogens with two attached hydrogens (primary N) is 1. The third-order valence-corrected chi connectivity index (χ3v) is 1.75. The monoisotopic (exact) mass is 150 g/mol. The fraction of sp³-hybridized carbons (Fsp3) is 0.286. The first-order valence-electron chi connectivity index (χ1n) is 3.55. The molecule has 58 valence electrons. The molecule has 0 aliphatic carbocycles. The van der Waals surface area contributed by atoms with Crippen LogP contribution in [0, 0.1) is 0 Å². The van der Waals surface area contributed by atoms with Gasteiger partial charge in [0.2, 0.25) is 0 Å². The molecule has 0 saturated heterocycles. The summed E-state index contributed by atoms with van der Waals surface area (Å²) in [6.45, 7) is 1.50. The van der Waals surface area contributed by atoms with Gasteiger partial charge in [0.25, 0.3) is 0 Å². The predicted molar refractivity (Wildman–Crippen MR) is 42.6 cm³/mol. The Balaban J connectivity index is 2.44. The van der Waals surface area contributed by atoms with Gasteiger partial charge in [0.15, 0.2) is 0 Å². The Morgan fingerprint density at radius 3 is 3.36 bits per heavy atom. The van der Waals surface area contributed by atoms with Crippen molar-refractivity contribution in [2.45, 2.75) is 6.54 Å². The van der Waals surface area contributed by atoms with Gasteiger partial charge in [-0.15, -0.1) is 0 Å². The van der Waals surface area contributed by atoms with E-state index < -0.39 is 0 Å². The Bertz CT molecular complexity index is 260. The molecule has 0 atom stereocenters. The van der Waals surface area contributed by atoms with Crippen molar-refractivity contribution in [2.24, 2.45) is 5.84 Å². The Labute approximate surface area is 65.0 Å². The van der Waals surface area contributed by atoms with Crippen LogP contribution in [0.3, 0.4) is 0 Å². The number of hydrogen-bond donors (Lipinski definition) is 2. The highest BCUT2D eigenvalue weighted by atomic mass is 15.5. The highest BCUT2D eigenvalue weighted by molar-refractivity contribution is 5.50. The molecule has 1 aromatic heterocycles. The van der Waals surface area contributed by atoms with Gasteiger partial charge >= 0.3 is 0 Å². The van der Waals surface area contributed by atoms with Crippen molar-refractivity contribution in [3.63, 3.8) is 0 Å². The van der Waals surface area contributed by atoms with Gasteiger partial charge in [-0.25, -0.2) is 5.84 Å². The average molecular weight is 150 g/mol. The van der Waals surface area contributed by atoms with Gasteiger partial charge < -0.3 is 0 Å². The van der Waals surface area contributed by atoms with Crippen molar-refractivity contribution in [3.8, 4) is 0 Å². The van der Waals surface area contributed by atoms with Gasteiger partial charge in [0.05, 0.1) is 18.1 Å². The van der Waals surface area contributed by atoms with Gasteiger partial charge in [-0.2, -0.15) is 0 Å². The highest BCUT2D eigenvalue weighted by Gasteiger charge is 2.12. The van der Waals surface area contributed by atoms with Crippen molar-refractivity contribution in [1.29, 1.82) is 0 Å². The van der Waals surface area contributed by atoms with E-state index in [1.165, 1.54) is 0 Å². The third kappa shape index (κ3) is 1.06. The summed E-state index contributed by atoms with van der Waals surface area (Å²) >= 11 is 0. The number of rotatable bonds is 0. The standard InChI is InChI=1S/C7H10N4/c8-11-5-9-4-6-7(11)2-1-3-10-6/h1-3,9H,4-5,8H2. The summed E-state index contributed by atoms with van der Waals surface area (Å²) in [5.41, 5.74) is 2.03. The average Bonchev–Trinajstić information content (AvgIpc) is 2.06. The lowest BCUT2D eigenvalue weighted by Gasteiger charge is -2.26. The zero-order valence-corrected chi connectivity index (χ0v) is 6.12. The second-order valence-corrected chi connectivity index (χ2v) is 2.52. The van der Waals surface area contributed by atoms with Crippen LogP contribution in [0.25, 0.3) is 0 Å². The van der Waals surface area contributed by atoms with Gasteiger partial charge in [0, 0.05) is 12.7 Å². The molecule has 4 nitrogen and oxygen atoms in total. The van der Waals surface area contributed by atoms with E-state index in [4.69, 9.17) is 5.84 Å². The minimum Gasteiger partial charge on any atom is -0.295 e. The third-order valence-electron chi connectivity index (χ3n) is 1.75. The fourth-order valence-corrected chi connectivity index (χ4v) is 1.21. The summed E-state index contributed by atoms with van der Waals surface area (Å²) in [7, 11) is 0. The number of nitrogens with one attached hydrogen (secondary N) is 1. The molecule has 0 saturated carbocycles. The van der Waals surface area contributed by atoms with Crippen LogP contribution in [0.5, 0.6) is 0 Å². The lowest BCUT2D eigenvalue weighted by Crippen LogP contribution is -2.43. The van der Waals surface area contributed by atoms with E-state index in [0.29, 0.717) is 6.67 Å². The molecular weight excluding hydrogens is 140 g/mol. The van der Waals surface area contributed by atoms with Gasteiger partial charge in [-0.1, -0.05) is 0 Å². The largest absolute Gasteiger partial charge is 0.295 e. The molecule has 0 amide bonds. The summed E-state index contributed by atoms with van der Waals surface area (Å²) in [5.74, 6) is 5.68. The topological polar surface area (TPSA) is 54.2 Å². The zero-order valence-electron chi connectivity index (χ0n) is 6.12. The Kier molecular flexibility index (Phi) is 1.48. The number of pyridine rings is 1. The molecule has 0 bridgehead atoms. The maximum absolute atomic E-state index is 5.68. The van der Waals surface area contributed by atoms with Crippen molar-refractivity contribution in [2.75, 3.05) is 11.7 Å². The first-order chi connectivity index (χ1) is 5.38. The Morgan fingerprint density at radius 1 is 1.64 bits per heavy atom. The summed E-state index contributed by atoms with van der Waals surface area (Å²) in [6.07, 6.45) is 1.78. The fourth-order valence-electron chi connectivity index (χ4n) is 1.21. The maximum Gasteiger partial charge on any atom is 0.0840 e. The van der Waals surface area contributed by atoms with Gasteiger partial charge in [0.1, 0.15) is 0 Å². The first kappa shape index (κ1) is 6.57. The molecule has 0 spiro atoms. The van der Waals surface area contributed by atoms with Crippen molar-refractivity contribution in [1.82, 2.24) is 10.3 Å². The molecule has 1 aliphatic rings.